The number of aryl methyl sites for hydroxylation is 3. The van der Waals surface area contributed by atoms with Crippen LogP contribution >= 0.6 is 0 Å². The summed E-state index contributed by atoms with van der Waals surface area (Å²) in [6.07, 6.45) is 0.786. The number of carbonyl (C=O) groups is 1. The maximum atomic E-state index is 12.1. The van der Waals surface area contributed by atoms with E-state index in [4.69, 9.17) is 13.9 Å². The van der Waals surface area contributed by atoms with Crippen molar-refractivity contribution in [3.63, 3.8) is 0 Å². The minimum Gasteiger partial charge on any atom is -0.494 e. The molecule has 0 spiro atoms. The van der Waals surface area contributed by atoms with Crippen molar-refractivity contribution >= 4 is 16.9 Å². The van der Waals surface area contributed by atoms with Crippen molar-refractivity contribution in [3.8, 4) is 11.5 Å². The van der Waals surface area contributed by atoms with Crippen molar-refractivity contribution in [3.05, 3.63) is 69.6 Å². The lowest BCUT2D eigenvalue weighted by molar-refractivity contribution is -0.134. The van der Waals surface area contributed by atoms with E-state index in [2.05, 4.69) is 0 Å². The zero-order valence-electron chi connectivity index (χ0n) is 15.7. The fourth-order valence-corrected chi connectivity index (χ4v) is 2.90. The molecule has 0 unspecified atom stereocenters. The van der Waals surface area contributed by atoms with Crippen LogP contribution < -0.4 is 15.1 Å². The second kappa shape index (κ2) is 8.08. The molecule has 3 aromatic rings. The summed E-state index contributed by atoms with van der Waals surface area (Å²) >= 11 is 0. The Labute approximate surface area is 157 Å². The van der Waals surface area contributed by atoms with Crippen LogP contribution in [-0.2, 0) is 4.79 Å². The van der Waals surface area contributed by atoms with E-state index in [1.165, 1.54) is 6.07 Å². The van der Waals surface area contributed by atoms with E-state index >= 15 is 0 Å². The lowest BCUT2D eigenvalue weighted by atomic mass is 10.1. The molecule has 0 fully saturated rings. The summed E-state index contributed by atoms with van der Waals surface area (Å²) in [5.74, 6) is 0.847. The molecule has 0 saturated heterocycles. The van der Waals surface area contributed by atoms with Crippen LogP contribution in [0.25, 0.3) is 11.0 Å². The van der Waals surface area contributed by atoms with Gasteiger partial charge in [0.2, 0.25) is 0 Å². The third kappa shape index (κ3) is 4.56. The Kier molecular flexibility index (Phi) is 5.60. The second-order valence-corrected chi connectivity index (χ2v) is 6.56. The number of rotatable bonds is 6. The first kappa shape index (κ1) is 18.7. The van der Waals surface area contributed by atoms with Crippen LogP contribution in [-0.4, -0.2) is 12.6 Å². The molecule has 27 heavy (non-hydrogen) atoms. The second-order valence-electron chi connectivity index (χ2n) is 6.56. The maximum Gasteiger partial charge on any atom is 0.336 e. The molecule has 5 nitrogen and oxygen atoms in total. The van der Waals surface area contributed by atoms with Crippen molar-refractivity contribution in [2.75, 3.05) is 6.61 Å². The van der Waals surface area contributed by atoms with E-state index in [9.17, 15) is 9.59 Å². The van der Waals surface area contributed by atoms with Gasteiger partial charge >= 0.3 is 11.6 Å². The van der Waals surface area contributed by atoms with Crippen LogP contribution in [0.5, 0.6) is 11.5 Å². The largest absolute Gasteiger partial charge is 0.494 e. The minimum atomic E-state index is -0.417. The fraction of sp³-hybridized carbons (Fsp3) is 0.273. The quantitative estimate of drug-likeness (QED) is 0.278. The van der Waals surface area contributed by atoms with Crippen LogP contribution in [0.4, 0.5) is 0 Å². The van der Waals surface area contributed by atoms with Crippen LogP contribution in [0, 0.1) is 20.8 Å². The van der Waals surface area contributed by atoms with Crippen LogP contribution in [0.1, 0.15) is 29.5 Å². The highest BCUT2D eigenvalue weighted by atomic mass is 16.5. The van der Waals surface area contributed by atoms with E-state index in [0.29, 0.717) is 29.9 Å². The van der Waals surface area contributed by atoms with Gasteiger partial charge in [0, 0.05) is 23.4 Å². The van der Waals surface area contributed by atoms with Crippen molar-refractivity contribution in [1.82, 2.24) is 0 Å². The lowest BCUT2D eigenvalue weighted by Gasteiger charge is -2.10. The molecule has 0 saturated carbocycles. The highest BCUT2D eigenvalue weighted by molar-refractivity contribution is 5.85. The minimum absolute atomic E-state index is 0.237. The molecule has 1 heterocycles. The highest BCUT2D eigenvalue weighted by Gasteiger charge is 2.13. The summed E-state index contributed by atoms with van der Waals surface area (Å²) in [5.41, 5.74) is 2.63. The van der Waals surface area contributed by atoms with E-state index < -0.39 is 5.63 Å². The van der Waals surface area contributed by atoms with E-state index in [0.717, 1.165) is 22.3 Å². The summed E-state index contributed by atoms with van der Waals surface area (Å²) < 4.78 is 16.4. The topological polar surface area (TPSA) is 65.7 Å². The molecule has 0 aliphatic rings. The molecule has 0 atom stereocenters. The lowest BCUT2D eigenvalue weighted by Crippen LogP contribution is -2.11. The molecule has 0 amide bonds. The van der Waals surface area contributed by atoms with E-state index in [1.807, 2.05) is 38.1 Å². The van der Waals surface area contributed by atoms with Gasteiger partial charge in [0.05, 0.1) is 6.61 Å². The molecule has 0 bridgehead atoms. The number of hydrogen-bond acceptors (Lipinski definition) is 5. The number of hydrogen-bond donors (Lipinski definition) is 0. The molecule has 140 valence electrons. The van der Waals surface area contributed by atoms with Gasteiger partial charge in [-0.1, -0.05) is 12.1 Å². The Morgan fingerprint density at radius 2 is 1.89 bits per heavy atom. The Bertz CT molecular complexity index is 1030. The Morgan fingerprint density at radius 3 is 2.67 bits per heavy atom. The summed E-state index contributed by atoms with van der Waals surface area (Å²) in [6.45, 7) is 6.05. The summed E-state index contributed by atoms with van der Waals surface area (Å²) in [6, 6.07) is 12.7. The molecule has 0 aliphatic carbocycles. The average molecular weight is 366 g/mol. The van der Waals surface area contributed by atoms with Crippen LogP contribution in [0.15, 0.2) is 51.7 Å². The van der Waals surface area contributed by atoms with Crippen molar-refractivity contribution in [2.24, 2.45) is 0 Å². The number of benzene rings is 2. The van der Waals surface area contributed by atoms with E-state index in [1.54, 1.807) is 19.1 Å². The van der Waals surface area contributed by atoms with Crippen LogP contribution in [0.3, 0.4) is 0 Å². The molecule has 3 rings (SSSR count). The molecule has 0 N–H and O–H groups in total. The number of fused-ring (bicyclic) bond motifs is 1. The maximum absolute atomic E-state index is 12.1. The summed E-state index contributed by atoms with van der Waals surface area (Å²) in [7, 11) is 0. The predicted molar refractivity (Wildman–Crippen MR) is 104 cm³/mol. The van der Waals surface area contributed by atoms with Gasteiger partial charge in [-0.15, -0.1) is 0 Å². The van der Waals surface area contributed by atoms with E-state index in [-0.39, 0.29) is 12.4 Å². The molecule has 1 aromatic heterocycles. The zero-order valence-corrected chi connectivity index (χ0v) is 15.7. The Balaban J connectivity index is 1.59. The Hall–Kier alpha value is -3.08. The average Bonchev–Trinajstić information content (AvgIpc) is 2.61. The molecule has 2 aromatic carbocycles. The summed E-state index contributed by atoms with van der Waals surface area (Å²) in [4.78, 5) is 23.7. The predicted octanol–water partition coefficient (Wildman–Crippen LogP) is 4.48. The third-order valence-corrected chi connectivity index (χ3v) is 4.33. The molecule has 0 radical (unpaired) electrons. The first-order valence-corrected chi connectivity index (χ1v) is 8.88. The van der Waals surface area contributed by atoms with Gasteiger partial charge in [0.1, 0.15) is 17.1 Å². The van der Waals surface area contributed by atoms with Gasteiger partial charge in [-0.25, -0.2) is 4.79 Å². The fourth-order valence-electron chi connectivity index (χ4n) is 2.90. The Morgan fingerprint density at radius 1 is 1.07 bits per heavy atom. The zero-order chi connectivity index (χ0) is 19.4. The van der Waals surface area contributed by atoms with Crippen molar-refractivity contribution in [1.29, 1.82) is 0 Å². The SMILES string of the molecule is Cc1cccc(OCCCC(=O)Oc2ccc3c(C)cc(=O)oc3c2C)c1. The van der Waals surface area contributed by atoms with Crippen LogP contribution in [0.2, 0.25) is 0 Å². The number of esters is 1. The van der Waals surface area contributed by atoms with Gasteiger partial charge in [0.15, 0.2) is 0 Å². The first-order valence-electron chi connectivity index (χ1n) is 8.88. The summed E-state index contributed by atoms with van der Waals surface area (Å²) in [5, 5.41) is 0.832. The van der Waals surface area contributed by atoms with Gasteiger partial charge < -0.3 is 13.9 Å². The molecular formula is C22H22O5. The monoisotopic (exact) mass is 366 g/mol. The first-order chi connectivity index (χ1) is 12.9. The smallest absolute Gasteiger partial charge is 0.336 e. The van der Waals surface area contributed by atoms with Crippen molar-refractivity contribution in [2.45, 2.75) is 33.6 Å². The molecular weight excluding hydrogens is 344 g/mol. The normalized spacial score (nSPS) is 10.8. The molecule has 5 heteroatoms. The highest BCUT2D eigenvalue weighted by Crippen LogP contribution is 2.28. The van der Waals surface area contributed by atoms with Gasteiger partial charge in [-0.3, -0.25) is 4.79 Å². The van der Waals surface area contributed by atoms with Gasteiger partial charge in [-0.05, 0) is 62.6 Å². The van der Waals surface area contributed by atoms with Crippen molar-refractivity contribution < 1.29 is 18.7 Å². The standard InChI is InChI=1S/C22H22O5/c1-14-6-4-7-17(12-14)25-11-5-8-20(23)26-19-10-9-18-15(2)13-21(24)27-22(18)16(19)3/h4,6-7,9-10,12-13H,5,8,11H2,1-3H3. The number of carbonyl (C=O) groups excluding carboxylic acids is 1. The van der Waals surface area contributed by atoms with Gasteiger partial charge in [0.25, 0.3) is 0 Å². The number of ether oxygens (including phenoxy) is 2. The third-order valence-electron chi connectivity index (χ3n) is 4.33. The molecule has 0 aliphatic heterocycles. The van der Waals surface area contributed by atoms with Gasteiger partial charge in [-0.2, -0.15) is 0 Å².